The molecule has 2 heterocycles. The van der Waals surface area contributed by atoms with Gasteiger partial charge in [0.25, 0.3) is 0 Å². The fraction of sp³-hybridized carbons (Fsp3) is 0.320. The van der Waals surface area contributed by atoms with Crippen molar-refractivity contribution in [2.45, 2.75) is 44.9 Å². The predicted molar refractivity (Wildman–Crippen MR) is 116 cm³/mol. The Bertz CT molecular complexity index is 1240. The third-order valence-electron chi connectivity index (χ3n) is 5.79. The molecule has 0 saturated carbocycles. The number of carboxylic acid groups (broad SMARTS) is 1. The number of nitrogens with zero attached hydrogens (tertiary/aromatic N) is 1. The minimum atomic E-state index is -1.68. The lowest BCUT2D eigenvalue weighted by molar-refractivity contribution is -0.131. The number of alkyl halides is 1. The summed E-state index contributed by atoms with van der Waals surface area (Å²) < 4.78 is 66.0. The van der Waals surface area contributed by atoms with Gasteiger partial charge in [-0.1, -0.05) is 6.07 Å². The van der Waals surface area contributed by atoms with Crippen molar-refractivity contribution in [3.63, 3.8) is 0 Å². The molecule has 1 N–H and O–H groups in total. The second kappa shape index (κ2) is 8.33. The van der Waals surface area contributed by atoms with Crippen LogP contribution in [0.3, 0.4) is 0 Å². The Morgan fingerprint density at radius 1 is 1.21 bits per heavy atom. The maximum Gasteiger partial charge on any atom is 0.328 e. The van der Waals surface area contributed by atoms with Gasteiger partial charge in [-0.2, -0.15) is 0 Å². The van der Waals surface area contributed by atoms with Crippen LogP contribution in [-0.2, 0) is 11.2 Å². The number of carboxylic acids is 1. The summed E-state index contributed by atoms with van der Waals surface area (Å²) in [6, 6.07) is 4.87. The molecule has 1 aliphatic rings. The molecule has 8 heteroatoms. The van der Waals surface area contributed by atoms with Crippen LogP contribution in [0.2, 0.25) is 0 Å². The van der Waals surface area contributed by atoms with Crippen LogP contribution in [0.25, 0.3) is 17.0 Å². The average Bonchev–Trinajstić information content (AvgIpc) is 3.06. The highest BCUT2D eigenvalue weighted by Crippen LogP contribution is 2.45. The lowest BCUT2D eigenvalue weighted by Crippen LogP contribution is -2.48. The van der Waals surface area contributed by atoms with Crippen LogP contribution in [0.5, 0.6) is 0 Å². The summed E-state index contributed by atoms with van der Waals surface area (Å²) in [4.78, 5) is 12.4. The quantitative estimate of drug-likeness (QED) is 0.372. The van der Waals surface area contributed by atoms with E-state index in [2.05, 4.69) is 0 Å². The zero-order valence-corrected chi connectivity index (χ0v) is 18.3. The lowest BCUT2D eigenvalue weighted by atomic mass is 9.87. The number of hydrogen-bond donors (Lipinski definition) is 1. The first-order chi connectivity index (χ1) is 15.5. The van der Waals surface area contributed by atoms with Gasteiger partial charge >= 0.3 is 5.97 Å². The van der Waals surface area contributed by atoms with E-state index in [1.54, 1.807) is 17.9 Å². The van der Waals surface area contributed by atoms with Crippen LogP contribution in [0.15, 0.2) is 40.8 Å². The van der Waals surface area contributed by atoms with Gasteiger partial charge in [-0.25, -0.2) is 22.4 Å². The van der Waals surface area contributed by atoms with Crippen molar-refractivity contribution >= 4 is 23.0 Å². The molecule has 4 rings (SSSR count). The van der Waals surface area contributed by atoms with Crippen molar-refractivity contribution in [3.8, 4) is 0 Å². The van der Waals surface area contributed by atoms with Gasteiger partial charge in [0.15, 0.2) is 0 Å². The van der Waals surface area contributed by atoms with Crippen LogP contribution in [-0.4, -0.2) is 34.2 Å². The lowest BCUT2D eigenvalue weighted by Gasteiger charge is -2.42. The summed E-state index contributed by atoms with van der Waals surface area (Å²) in [5.41, 5.74) is -1.27. The molecular weight excluding hydrogens is 438 g/mol. The molecule has 3 aromatic rings. The topological polar surface area (TPSA) is 53.7 Å². The van der Waals surface area contributed by atoms with Gasteiger partial charge in [-0.05, 0) is 63.1 Å². The zero-order chi connectivity index (χ0) is 24.1. The summed E-state index contributed by atoms with van der Waals surface area (Å²) in [6.07, 6.45) is 2.17. The molecule has 174 valence electrons. The van der Waals surface area contributed by atoms with Gasteiger partial charge in [-0.15, -0.1) is 0 Å². The number of benzene rings is 2. The van der Waals surface area contributed by atoms with Crippen molar-refractivity contribution < 1.29 is 31.9 Å². The highest BCUT2D eigenvalue weighted by atomic mass is 19.1. The summed E-state index contributed by atoms with van der Waals surface area (Å²) in [6.45, 7) is 4.40. The standard InChI is InChI=1S/C25H23F4NO3/c1-13-9-15-21-16(26)5-4-6-19(21)33-24(15)23(30(13)12-25(2,3)29)22-17(27)10-14(11-18(22)28)7-8-20(31)32/h4-8,10-11,13,23H,9,12H2,1-3H3,(H,31,32)/b8-7+/t13?,23-/m0/s1. The van der Waals surface area contributed by atoms with E-state index >= 15 is 8.78 Å². The van der Waals surface area contributed by atoms with Gasteiger partial charge < -0.3 is 9.52 Å². The average molecular weight is 461 g/mol. The highest BCUT2D eigenvalue weighted by molar-refractivity contribution is 5.85. The van der Waals surface area contributed by atoms with Gasteiger partial charge in [0.2, 0.25) is 0 Å². The van der Waals surface area contributed by atoms with Crippen LogP contribution in [0, 0.1) is 17.5 Å². The first kappa shape index (κ1) is 23.0. The summed E-state index contributed by atoms with van der Waals surface area (Å²) in [7, 11) is 0. The third-order valence-corrected chi connectivity index (χ3v) is 5.79. The molecule has 2 aromatic carbocycles. The van der Waals surface area contributed by atoms with Gasteiger partial charge in [-0.3, -0.25) is 4.90 Å². The van der Waals surface area contributed by atoms with E-state index in [-0.39, 0.29) is 40.4 Å². The molecule has 0 fully saturated rings. The Hall–Kier alpha value is -3.13. The number of hydrogen-bond acceptors (Lipinski definition) is 3. The molecule has 0 aliphatic carbocycles. The van der Waals surface area contributed by atoms with Crippen molar-refractivity contribution in [2.75, 3.05) is 6.54 Å². The van der Waals surface area contributed by atoms with Crippen molar-refractivity contribution in [3.05, 3.63) is 76.3 Å². The zero-order valence-electron chi connectivity index (χ0n) is 18.3. The van der Waals surface area contributed by atoms with Crippen molar-refractivity contribution in [2.24, 2.45) is 0 Å². The monoisotopic (exact) mass is 461 g/mol. The van der Waals surface area contributed by atoms with E-state index in [0.717, 1.165) is 24.3 Å². The SMILES string of the molecule is CC1Cc2c(oc3cccc(F)c23)[C@H](c2c(F)cc(/C=C/C(=O)O)cc2F)N1CC(C)(C)F. The van der Waals surface area contributed by atoms with E-state index in [4.69, 9.17) is 9.52 Å². The van der Waals surface area contributed by atoms with Gasteiger partial charge in [0.05, 0.1) is 5.39 Å². The summed E-state index contributed by atoms with van der Waals surface area (Å²) in [5.74, 6) is -3.46. The number of halogens is 4. The van der Waals surface area contributed by atoms with Crippen LogP contribution >= 0.6 is 0 Å². The maximum absolute atomic E-state index is 15.3. The summed E-state index contributed by atoms with van der Waals surface area (Å²) >= 11 is 0. The molecule has 1 aromatic heterocycles. The minimum Gasteiger partial charge on any atom is -0.478 e. The highest BCUT2D eigenvalue weighted by Gasteiger charge is 2.42. The van der Waals surface area contributed by atoms with Gasteiger partial charge in [0, 0.05) is 29.8 Å². The van der Waals surface area contributed by atoms with Crippen molar-refractivity contribution in [1.82, 2.24) is 4.90 Å². The van der Waals surface area contributed by atoms with E-state index in [0.29, 0.717) is 12.0 Å². The Morgan fingerprint density at radius 3 is 2.48 bits per heavy atom. The molecule has 2 atom stereocenters. The third kappa shape index (κ3) is 4.39. The molecular formula is C25H23F4NO3. The molecule has 1 unspecified atom stereocenters. The Labute approximate surface area is 188 Å². The predicted octanol–water partition coefficient (Wildman–Crippen LogP) is 6.03. The number of rotatable bonds is 5. The molecule has 0 saturated heterocycles. The van der Waals surface area contributed by atoms with E-state index in [9.17, 15) is 13.6 Å². The normalized spacial score (nSPS) is 19.4. The van der Waals surface area contributed by atoms with Crippen LogP contribution in [0.1, 0.15) is 49.3 Å². The number of aliphatic carboxylic acids is 1. The fourth-order valence-electron chi connectivity index (χ4n) is 4.53. The minimum absolute atomic E-state index is 0.0215. The number of furan rings is 1. The number of carbonyl (C=O) groups is 1. The van der Waals surface area contributed by atoms with Crippen LogP contribution < -0.4 is 0 Å². The smallest absolute Gasteiger partial charge is 0.328 e. The molecule has 0 amide bonds. The molecule has 1 aliphatic heterocycles. The first-order valence-electron chi connectivity index (χ1n) is 10.5. The number of fused-ring (bicyclic) bond motifs is 3. The molecule has 4 nitrogen and oxygen atoms in total. The maximum atomic E-state index is 15.3. The van der Waals surface area contributed by atoms with E-state index < -0.39 is 35.1 Å². The largest absolute Gasteiger partial charge is 0.478 e. The molecule has 0 bridgehead atoms. The van der Waals surface area contributed by atoms with Crippen LogP contribution in [0.4, 0.5) is 17.6 Å². The summed E-state index contributed by atoms with van der Waals surface area (Å²) in [5, 5.41) is 9.04. The van der Waals surface area contributed by atoms with E-state index in [1.165, 1.54) is 26.0 Å². The fourth-order valence-corrected chi connectivity index (χ4v) is 4.53. The first-order valence-corrected chi connectivity index (χ1v) is 10.5. The Kier molecular flexibility index (Phi) is 5.82. The second-order valence-electron chi connectivity index (χ2n) is 8.97. The van der Waals surface area contributed by atoms with Gasteiger partial charge in [0.1, 0.15) is 40.5 Å². The molecule has 0 spiro atoms. The molecule has 0 radical (unpaired) electrons. The van der Waals surface area contributed by atoms with E-state index in [1.807, 2.05) is 0 Å². The second-order valence-corrected chi connectivity index (χ2v) is 8.97. The Morgan fingerprint density at radius 2 is 1.88 bits per heavy atom. The Balaban J connectivity index is 1.94. The van der Waals surface area contributed by atoms with Crippen molar-refractivity contribution in [1.29, 1.82) is 0 Å². The molecule has 33 heavy (non-hydrogen) atoms.